The number of fused-ring (bicyclic) bond motifs is 3. The largest absolute Gasteiger partial charge is 0.508 e. The van der Waals surface area contributed by atoms with E-state index in [0.29, 0.717) is 16.1 Å². The van der Waals surface area contributed by atoms with Crippen molar-refractivity contribution in [3.8, 4) is 5.75 Å². The number of aromatic nitrogens is 1. The van der Waals surface area contributed by atoms with Gasteiger partial charge in [0, 0.05) is 49.6 Å². The Hall–Kier alpha value is -4.27. The summed E-state index contributed by atoms with van der Waals surface area (Å²) in [6.45, 7) is -0.110. The molecular formula is C28H31N5O8S. The molecule has 2 amide bonds. The van der Waals surface area contributed by atoms with Crippen molar-refractivity contribution in [1.29, 1.82) is 0 Å². The maximum absolute atomic E-state index is 14.1. The Labute approximate surface area is 244 Å². The fourth-order valence-corrected chi connectivity index (χ4v) is 6.99. The number of phenols is 1. The lowest BCUT2D eigenvalue weighted by Crippen LogP contribution is -2.65. The molecule has 0 spiro atoms. The number of nitrogens with one attached hydrogen (secondary N) is 1. The van der Waals surface area contributed by atoms with Crippen LogP contribution in [0.3, 0.4) is 0 Å². The summed E-state index contributed by atoms with van der Waals surface area (Å²) in [5.74, 6) is -7.55. The van der Waals surface area contributed by atoms with Crippen molar-refractivity contribution in [1.82, 2.24) is 14.6 Å². The molecule has 1 saturated carbocycles. The van der Waals surface area contributed by atoms with Crippen molar-refractivity contribution in [3.63, 3.8) is 0 Å². The number of phenolic OH excluding ortho intramolecular Hbond substituents is 1. The Balaban J connectivity index is 1.65. The minimum Gasteiger partial charge on any atom is -0.508 e. The number of Topliss-reactive ketones (excluding diaryl/α,β-unsaturated/α-hetero) is 2. The molecule has 1 fully saturated rings. The molecule has 0 radical (unpaired) electrons. The molecule has 7 N–H and O–H groups in total. The number of aliphatic hydroxyl groups is 3. The van der Waals surface area contributed by atoms with Crippen LogP contribution in [0, 0.1) is 11.8 Å². The molecule has 14 heteroatoms. The van der Waals surface area contributed by atoms with Gasteiger partial charge in [0.1, 0.15) is 27.7 Å². The quantitative estimate of drug-likeness (QED) is 0.252. The third-order valence-corrected chi connectivity index (χ3v) is 9.10. The van der Waals surface area contributed by atoms with Crippen LogP contribution in [0.4, 0.5) is 5.69 Å². The number of ketones is 2. The second-order valence-corrected chi connectivity index (χ2v) is 12.0. The highest BCUT2D eigenvalue weighted by Crippen LogP contribution is 2.54. The number of likely N-dealkylation sites (N-methyl/N-ethyl adjacent to an activating group) is 1. The summed E-state index contributed by atoms with van der Waals surface area (Å²) in [6.07, 6.45) is 1.64. The Morgan fingerprint density at radius 2 is 1.88 bits per heavy atom. The summed E-state index contributed by atoms with van der Waals surface area (Å²) in [7, 11) is 6.63. The fourth-order valence-electron chi connectivity index (χ4n) is 6.48. The molecule has 1 aromatic heterocycles. The third-order valence-electron chi connectivity index (χ3n) is 8.36. The molecule has 2 aromatic rings. The number of amides is 2. The number of nitrogens with zero attached hydrogens (tertiary/aromatic N) is 3. The predicted molar refractivity (Wildman–Crippen MR) is 152 cm³/mol. The van der Waals surface area contributed by atoms with E-state index in [1.54, 1.807) is 45.2 Å². The second-order valence-electron chi connectivity index (χ2n) is 11.2. The van der Waals surface area contributed by atoms with Gasteiger partial charge in [0.25, 0.3) is 11.8 Å². The van der Waals surface area contributed by atoms with Gasteiger partial charge in [0.15, 0.2) is 11.4 Å². The van der Waals surface area contributed by atoms with Gasteiger partial charge in [0.2, 0.25) is 5.78 Å². The van der Waals surface area contributed by atoms with Crippen LogP contribution in [0.15, 0.2) is 35.2 Å². The fraction of sp³-hybridized carbons (Fsp3) is 0.393. The van der Waals surface area contributed by atoms with Crippen LogP contribution in [0.1, 0.15) is 32.8 Å². The van der Waals surface area contributed by atoms with Gasteiger partial charge in [-0.3, -0.25) is 24.1 Å². The summed E-state index contributed by atoms with van der Waals surface area (Å²) >= 11 is 1.01. The van der Waals surface area contributed by atoms with Gasteiger partial charge >= 0.3 is 0 Å². The van der Waals surface area contributed by atoms with Crippen molar-refractivity contribution in [2.24, 2.45) is 17.6 Å². The number of primary amides is 1. The number of hydrogen-bond acceptors (Lipinski definition) is 12. The number of carbonyl (C=O) groups excluding carboxylic acids is 4. The number of carbonyl (C=O) groups is 4. The molecule has 42 heavy (non-hydrogen) atoms. The highest BCUT2D eigenvalue weighted by Gasteiger charge is 2.64. The molecule has 0 aliphatic heterocycles. The lowest BCUT2D eigenvalue weighted by atomic mass is 9.57. The zero-order valence-electron chi connectivity index (χ0n) is 23.3. The highest BCUT2D eigenvalue weighted by atomic mass is 32.1. The maximum Gasteiger partial charge on any atom is 0.263 e. The van der Waals surface area contributed by atoms with Gasteiger partial charge in [-0.1, -0.05) is 0 Å². The number of hydrogen-bond donors (Lipinski definition) is 6. The molecule has 222 valence electrons. The molecule has 3 aliphatic carbocycles. The summed E-state index contributed by atoms with van der Waals surface area (Å²) in [5.41, 5.74) is 2.91. The van der Waals surface area contributed by atoms with E-state index in [1.165, 1.54) is 11.1 Å². The molecule has 3 aliphatic rings. The lowest BCUT2D eigenvalue weighted by Gasteiger charge is -2.50. The van der Waals surface area contributed by atoms with E-state index in [2.05, 4.69) is 9.69 Å². The maximum atomic E-state index is 14.1. The van der Waals surface area contributed by atoms with E-state index in [4.69, 9.17) is 5.73 Å². The first-order chi connectivity index (χ1) is 19.7. The van der Waals surface area contributed by atoms with Crippen molar-refractivity contribution in [2.75, 3.05) is 33.1 Å². The van der Waals surface area contributed by atoms with Crippen LogP contribution in [-0.4, -0.2) is 92.9 Å². The van der Waals surface area contributed by atoms with E-state index >= 15 is 0 Å². The Kier molecular flexibility index (Phi) is 7.11. The summed E-state index contributed by atoms with van der Waals surface area (Å²) in [5, 5.41) is 48.4. The molecule has 1 aromatic carbocycles. The average molecular weight is 598 g/mol. The number of nitrogens with two attached hydrogens (primary N) is 1. The topological polar surface area (TPSA) is 207 Å². The van der Waals surface area contributed by atoms with Gasteiger partial charge < -0.3 is 36.4 Å². The molecule has 0 bridgehead atoms. The normalized spacial score (nSPS) is 25.2. The Bertz CT molecular complexity index is 1600. The van der Waals surface area contributed by atoms with Gasteiger partial charge in [-0.2, -0.15) is 0 Å². The smallest absolute Gasteiger partial charge is 0.263 e. The van der Waals surface area contributed by atoms with Crippen molar-refractivity contribution in [3.05, 3.63) is 56.8 Å². The van der Waals surface area contributed by atoms with E-state index in [1.807, 2.05) is 0 Å². The van der Waals surface area contributed by atoms with Gasteiger partial charge in [0.05, 0.1) is 11.6 Å². The minimum atomic E-state index is -2.72. The van der Waals surface area contributed by atoms with Crippen molar-refractivity contribution < 1.29 is 39.6 Å². The van der Waals surface area contributed by atoms with E-state index in [-0.39, 0.29) is 41.8 Å². The van der Waals surface area contributed by atoms with Crippen LogP contribution in [0.25, 0.3) is 5.76 Å². The molecule has 0 saturated heterocycles. The van der Waals surface area contributed by atoms with Crippen LogP contribution in [0.5, 0.6) is 5.75 Å². The summed E-state index contributed by atoms with van der Waals surface area (Å²) < 4.78 is 3.90. The molecule has 13 nitrogen and oxygen atoms in total. The Morgan fingerprint density at radius 3 is 2.45 bits per heavy atom. The Morgan fingerprint density at radius 1 is 1.19 bits per heavy atom. The van der Waals surface area contributed by atoms with E-state index in [9.17, 15) is 39.6 Å². The van der Waals surface area contributed by atoms with Gasteiger partial charge in [-0.05, 0) is 62.1 Å². The number of aromatic hydroxyl groups is 1. The minimum absolute atomic E-state index is 0.00789. The van der Waals surface area contributed by atoms with Crippen LogP contribution < -0.4 is 16.0 Å². The standard InChI is InChI=1S/C28H31N5O8S/c1-32(2)15-9-12(10-30-27(40)16-5-6-31-42-16)21(34)18-13(15)7-11-8-14-20(33(3)4)23(36)19(26(29)39)25(38)28(14,41)24(37)17(11)22(18)35/h5-6,9,11,14,20,34-35,38,41H,7-8,10H2,1-4H3,(H2,29,39)(H,30,40). The zero-order chi connectivity index (χ0) is 30.8. The first-order valence-corrected chi connectivity index (χ1v) is 13.9. The molecule has 4 unspecified atom stereocenters. The third kappa shape index (κ3) is 4.16. The molecular weight excluding hydrogens is 566 g/mol. The first-order valence-electron chi connectivity index (χ1n) is 13.1. The second kappa shape index (κ2) is 10.2. The van der Waals surface area contributed by atoms with Crippen LogP contribution >= 0.6 is 11.5 Å². The van der Waals surface area contributed by atoms with E-state index in [0.717, 1.165) is 11.5 Å². The number of rotatable bonds is 6. The van der Waals surface area contributed by atoms with Crippen molar-refractivity contribution in [2.45, 2.75) is 31.0 Å². The number of benzene rings is 1. The average Bonchev–Trinajstić information content (AvgIpc) is 3.45. The number of aliphatic hydroxyl groups excluding tert-OH is 2. The van der Waals surface area contributed by atoms with E-state index < -0.39 is 64.0 Å². The predicted octanol–water partition coefficient (Wildman–Crippen LogP) is 0.417. The molecule has 5 rings (SSSR count). The number of anilines is 1. The highest BCUT2D eigenvalue weighted by molar-refractivity contribution is 7.08. The summed E-state index contributed by atoms with van der Waals surface area (Å²) in [6, 6.07) is 2.07. The van der Waals surface area contributed by atoms with Gasteiger partial charge in [-0.15, -0.1) is 0 Å². The monoisotopic (exact) mass is 597 g/mol. The first kappa shape index (κ1) is 29.2. The van der Waals surface area contributed by atoms with Crippen molar-refractivity contribution >= 4 is 46.4 Å². The SMILES string of the molecule is CN(C)c1cc(CNC(=O)c2ccns2)c(O)c2c1CC1CC3C(N(C)C)C(=O)C(C(N)=O)=C(O)C3(O)C(=O)C1=C2O. The van der Waals surface area contributed by atoms with Gasteiger partial charge in [-0.25, -0.2) is 4.37 Å². The summed E-state index contributed by atoms with van der Waals surface area (Å²) in [4.78, 5) is 55.6. The zero-order valence-corrected chi connectivity index (χ0v) is 24.2. The van der Waals surface area contributed by atoms with Crippen LogP contribution in [-0.2, 0) is 27.3 Å². The molecule has 1 heterocycles. The lowest BCUT2D eigenvalue weighted by molar-refractivity contribution is -0.153. The molecule has 4 atom stereocenters. The van der Waals surface area contributed by atoms with Crippen LogP contribution in [0.2, 0.25) is 0 Å².